The van der Waals surface area contributed by atoms with Gasteiger partial charge >= 0.3 is 6.36 Å². The molecule has 1 aliphatic rings. The number of para-hydroxylation sites is 1. The number of nitrogens with two attached hydrogens (primary N) is 1. The Morgan fingerprint density at radius 1 is 1.15 bits per heavy atom. The van der Waals surface area contributed by atoms with Gasteiger partial charge < -0.3 is 15.8 Å². The normalized spacial score (nSPS) is 19.6. The van der Waals surface area contributed by atoms with E-state index in [1.807, 2.05) is 30.3 Å². The van der Waals surface area contributed by atoms with E-state index in [-0.39, 0.29) is 48.5 Å². The van der Waals surface area contributed by atoms with E-state index >= 15 is 0 Å². The number of hydrogen-bond acceptors (Lipinski definition) is 3. The van der Waals surface area contributed by atoms with E-state index in [0.29, 0.717) is 12.0 Å². The zero-order chi connectivity index (χ0) is 18.7. The number of carbonyl (C=O) groups excluding carboxylic acids is 1. The highest BCUT2D eigenvalue weighted by molar-refractivity contribution is 5.85. The van der Waals surface area contributed by atoms with Crippen LogP contribution in [0.25, 0.3) is 0 Å². The summed E-state index contributed by atoms with van der Waals surface area (Å²) < 4.78 is 41.6. The van der Waals surface area contributed by atoms with Crippen LogP contribution in [0.4, 0.5) is 13.2 Å². The largest absolute Gasteiger partial charge is 0.573 e. The summed E-state index contributed by atoms with van der Waals surface area (Å²) in [5.74, 6) is -1.10. The molecule has 3 rings (SSSR count). The number of carbonyl (C=O) groups is 1. The van der Waals surface area contributed by atoms with Crippen LogP contribution in [-0.2, 0) is 4.79 Å². The van der Waals surface area contributed by atoms with Crippen LogP contribution >= 0.6 is 12.4 Å². The van der Waals surface area contributed by atoms with E-state index in [0.717, 1.165) is 5.56 Å². The molecule has 1 aliphatic carbocycles. The quantitative estimate of drug-likeness (QED) is 0.772. The first-order valence-corrected chi connectivity index (χ1v) is 8.28. The van der Waals surface area contributed by atoms with Crippen molar-refractivity contribution in [3.63, 3.8) is 0 Å². The number of rotatable bonds is 6. The number of hydrogen-bond donors (Lipinski definition) is 2. The topological polar surface area (TPSA) is 64.3 Å². The van der Waals surface area contributed by atoms with Crippen molar-refractivity contribution in [2.45, 2.75) is 24.7 Å². The van der Waals surface area contributed by atoms with Crippen molar-refractivity contribution >= 4 is 18.3 Å². The molecule has 4 nitrogen and oxygen atoms in total. The summed E-state index contributed by atoms with van der Waals surface area (Å²) in [4.78, 5) is 12.3. The van der Waals surface area contributed by atoms with Crippen molar-refractivity contribution < 1.29 is 22.7 Å². The zero-order valence-electron chi connectivity index (χ0n) is 14.3. The molecular formula is C19H20ClF3N2O2. The van der Waals surface area contributed by atoms with Gasteiger partial charge in [0.2, 0.25) is 5.91 Å². The minimum atomic E-state index is -4.76. The lowest BCUT2D eigenvalue weighted by atomic mass is 10.1. The van der Waals surface area contributed by atoms with Crippen molar-refractivity contribution in [2.75, 3.05) is 6.54 Å². The van der Waals surface area contributed by atoms with Gasteiger partial charge in [-0.1, -0.05) is 48.5 Å². The number of ether oxygens (including phenoxy) is 1. The molecule has 0 bridgehead atoms. The van der Waals surface area contributed by atoms with Crippen molar-refractivity contribution in [3.8, 4) is 5.75 Å². The van der Waals surface area contributed by atoms with Crippen LogP contribution in [-0.4, -0.2) is 18.8 Å². The highest BCUT2D eigenvalue weighted by Crippen LogP contribution is 2.51. The smallest absolute Gasteiger partial charge is 0.405 e. The second kappa shape index (κ2) is 8.63. The fourth-order valence-corrected chi connectivity index (χ4v) is 2.99. The van der Waals surface area contributed by atoms with Crippen molar-refractivity contribution in [1.82, 2.24) is 5.32 Å². The molecule has 0 aromatic heterocycles. The van der Waals surface area contributed by atoms with Crippen LogP contribution in [0.1, 0.15) is 29.5 Å². The number of nitrogens with one attached hydrogen (secondary N) is 1. The second-order valence-corrected chi connectivity index (χ2v) is 6.30. The zero-order valence-corrected chi connectivity index (χ0v) is 15.1. The maximum absolute atomic E-state index is 12.5. The molecule has 0 aliphatic heterocycles. The fourth-order valence-electron chi connectivity index (χ4n) is 2.99. The van der Waals surface area contributed by atoms with Crippen molar-refractivity contribution in [1.29, 1.82) is 0 Å². The van der Waals surface area contributed by atoms with E-state index in [4.69, 9.17) is 5.73 Å². The molecule has 0 radical (unpaired) electrons. The van der Waals surface area contributed by atoms with E-state index < -0.39 is 6.36 Å². The summed E-state index contributed by atoms with van der Waals surface area (Å²) in [6.07, 6.45) is -4.27. The number of benzene rings is 2. The van der Waals surface area contributed by atoms with Crippen LogP contribution in [0.15, 0.2) is 54.6 Å². The Morgan fingerprint density at radius 2 is 1.78 bits per heavy atom. The molecule has 1 saturated carbocycles. The van der Waals surface area contributed by atoms with Gasteiger partial charge in [-0.2, -0.15) is 0 Å². The Morgan fingerprint density at radius 3 is 2.44 bits per heavy atom. The van der Waals surface area contributed by atoms with Gasteiger partial charge in [-0.3, -0.25) is 4.79 Å². The Balaban J connectivity index is 0.00000261. The standard InChI is InChI=1S/C19H19F3N2O2.ClH/c20-19(21,22)26-17-9-5-4-8-13(17)14-10-15(14)18(25)24-11-16(23)12-6-2-1-3-7-12;/h1-9,14-16H,10-11,23H2,(H,24,25);1H. The van der Waals surface area contributed by atoms with Gasteiger partial charge in [0, 0.05) is 18.5 Å². The van der Waals surface area contributed by atoms with Crippen LogP contribution in [0, 0.1) is 5.92 Å². The molecule has 27 heavy (non-hydrogen) atoms. The third-order valence-corrected chi connectivity index (χ3v) is 4.40. The van der Waals surface area contributed by atoms with E-state index in [1.54, 1.807) is 12.1 Å². The summed E-state index contributed by atoms with van der Waals surface area (Å²) >= 11 is 0. The molecular weight excluding hydrogens is 381 g/mol. The fraction of sp³-hybridized carbons (Fsp3) is 0.316. The second-order valence-electron chi connectivity index (χ2n) is 6.30. The molecule has 1 fully saturated rings. The molecule has 3 unspecified atom stereocenters. The van der Waals surface area contributed by atoms with Gasteiger partial charge in [-0.25, -0.2) is 0 Å². The monoisotopic (exact) mass is 400 g/mol. The van der Waals surface area contributed by atoms with Crippen LogP contribution in [0.2, 0.25) is 0 Å². The molecule has 3 atom stereocenters. The Bertz CT molecular complexity index is 771. The van der Waals surface area contributed by atoms with Gasteiger partial charge in [0.15, 0.2) is 0 Å². The van der Waals surface area contributed by atoms with E-state index in [2.05, 4.69) is 10.1 Å². The third-order valence-electron chi connectivity index (χ3n) is 4.40. The van der Waals surface area contributed by atoms with Gasteiger partial charge in [0.25, 0.3) is 0 Å². The van der Waals surface area contributed by atoms with Gasteiger partial charge in [-0.15, -0.1) is 25.6 Å². The van der Waals surface area contributed by atoms with Crippen LogP contribution in [0.5, 0.6) is 5.75 Å². The molecule has 0 spiro atoms. The van der Waals surface area contributed by atoms with Gasteiger partial charge in [0.1, 0.15) is 5.75 Å². The number of halogens is 4. The molecule has 146 valence electrons. The molecule has 3 N–H and O–H groups in total. The average Bonchev–Trinajstić information content (AvgIpc) is 3.40. The summed E-state index contributed by atoms with van der Waals surface area (Å²) in [5, 5.41) is 2.78. The lowest BCUT2D eigenvalue weighted by Gasteiger charge is -2.14. The third kappa shape index (κ3) is 5.61. The van der Waals surface area contributed by atoms with Crippen molar-refractivity contribution in [3.05, 3.63) is 65.7 Å². The van der Waals surface area contributed by atoms with Gasteiger partial charge in [0.05, 0.1) is 0 Å². The maximum atomic E-state index is 12.5. The Labute approximate surface area is 161 Å². The maximum Gasteiger partial charge on any atom is 0.573 e. The summed E-state index contributed by atoms with van der Waals surface area (Å²) in [7, 11) is 0. The minimum absolute atomic E-state index is 0. The average molecular weight is 401 g/mol. The lowest BCUT2D eigenvalue weighted by Crippen LogP contribution is -2.33. The number of alkyl halides is 3. The van der Waals surface area contributed by atoms with Crippen LogP contribution in [0.3, 0.4) is 0 Å². The minimum Gasteiger partial charge on any atom is -0.405 e. The van der Waals surface area contributed by atoms with E-state index in [1.165, 1.54) is 12.1 Å². The molecule has 8 heteroatoms. The van der Waals surface area contributed by atoms with Gasteiger partial charge in [-0.05, 0) is 29.5 Å². The predicted molar refractivity (Wildman–Crippen MR) is 97.6 cm³/mol. The molecule has 2 aromatic rings. The first-order chi connectivity index (χ1) is 12.3. The number of amides is 1. The highest BCUT2D eigenvalue weighted by Gasteiger charge is 2.46. The summed E-state index contributed by atoms with van der Waals surface area (Å²) in [5.41, 5.74) is 7.35. The molecule has 0 heterocycles. The lowest BCUT2D eigenvalue weighted by molar-refractivity contribution is -0.274. The van der Waals surface area contributed by atoms with E-state index in [9.17, 15) is 18.0 Å². The molecule has 0 saturated heterocycles. The van der Waals surface area contributed by atoms with Crippen molar-refractivity contribution in [2.24, 2.45) is 11.7 Å². The first kappa shape index (κ1) is 21.1. The SMILES string of the molecule is Cl.NC(CNC(=O)C1CC1c1ccccc1OC(F)(F)F)c1ccccc1. The Hall–Kier alpha value is -2.25. The van der Waals surface area contributed by atoms with Crippen LogP contribution < -0.4 is 15.8 Å². The summed E-state index contributed by atoms with van der Waals surface area (Å²) in [6.45, 7) is 0.271. The predicted octanol–water partition coefficient (Wildman–Crippen LogP) is 3.93. The Kier molecular flexibility index (Phi) is 6.73. The molecule has 2 aromatic carbocycles. The first-order valence-electron chi connectivity index (χ1n) is 8.28. The highest BCUT2D eigenvalue weighted by atomic mass is 35.5. The summed E-state index contributed by atoms with van der Waals surface area (Å²) in [6, 6.07) is 15.0. The molecule has 1 amide bonds.